The summed E-state index contributed by atoms with van der Waals surface area (Å²) >= 11 is -0.309. The molecule has 4 nitrogen and oxygen atoms in total. The maximum atomic E-state index is 12.6. The van der Waals surface area contributed by atoms with Gasteiger partial charge in [0.1, 0.15) is 0 Å². The van der Waals surface area contributed by atoms with Crippen molar-refractivity contribution in [1.29, 1.82) is 0 Å². The van der Waals surface area contributed by atoms with Crippen molar-refractivity contribution in [3.05, 3.63) is 53.6 Å². The number of ether oxygens (including phenoxy) is 2. The Balaban J connectivity index is 2.11. The Morgan fingerprint density at radius 2 is 1.76 bits per heavy atom. The first-order valence-electron chi connectivity index (χ1n) is 7.18. The number of methoxy groups -OCH3 is 2. The van der Waals surface area contributed by atoms with Crippen LogP contribution in [0.5, 0.6) is 11.5 Å². The van der Waals surface area contributed by atoms with Crippen LogP contribution < -0.4 is 14.8 Å². The number of alkyl halides is 3. The van der Waals surface area contributed by atoms with E-state index >= 15 is 0 Å². The fraction of sp³-hybridized carbons (Fsp3) is 0.235. The van der Waals surface area contributed by atoms with Gasteiger partial charge in [-0.3, -0.25) is 4.79 Å². The van der Waals surface area contributed by atoms with Crippen molar-refractivity contribution in [1.82, 2.24) is 5.32 Å². The fourth-order valence-corrected chi connectivity index (χ4v) is 2.80. The Bertz CT molecular complexity index is 750. The molecule has 0 aliphatic carbocycles. The van der Waals surface area contributed by atoms with Crippen molar-refractivity contribution in [2.45, 2.75) is 16.9 Å². The van der Waals surface area contributed by atoms with Crippen molar-refractivity contribution < 1.29 is 27.4 Å². The molecule has 2 rings (SSSR count). The van der Waals surface area contributed by atoms with Crippen LogP contribution in [0.2, 0.25) is 0 Å². The summed E-state index contributed by atoms with van der Waals surface area (Å²) in [5, 5.41) is 2.61. The standard InChI is InChI=1S/C17H16F3NO3S/c1-23-13-8-7-11(9-14(13)24-2)10-21-16(22)12-5-3-4-6-15(12)25-17(18,19)20/h3-9H,10H2,1-2H3,(H,21,22). The van der Waals surface area contributed by atoms with Crippen molar-refractivity contribution >= 4 is 17.7 Å². The third-order valence-electron chi connectivity index (χ3n) is 3.26. The van der Waals surface area contributed by atoms with Crippen LogP contribution in [-0.2, 0) is 6.54 Å². The van der Waals surface area contributed by atoms with E-state index < -0.39 is 11.4 Å². The van der Waals surface area contributed by atoms with E-state index in [4.69, 9.17) is 9.47 Å². The van der Waals surface area contributed by atoms with Gasteiger partial charge < -0.3 is 14.8 Å². The second-order valence-corrected chi connectivity index (χ2v) is 6.02. The summed E-state index contributed by atoms with van der Waals surface area (Å²) < 4.78 is 48.1. The highest BCUT2D eigenvalue weighted by atomic mass is 32.2. The molecule has 0 saturated heterocycles. The molecule has 2 aromatic carbocycles. The number of halogens is 3. The molecule has 0 spiro atoms. The van der Waals surface area contributed by atoms with Crippen LogP contribution in [0.3, 0.4) is 0 Å². The molecule has 8 heteroatoms. The summed E-state index contributed by atoms with van der Waals surface area (Å²) in [5.74, 6) is 0.467. The van der Waals surface area contributed by atoms with Gasteiger partial charge >= 0.3 is 5.51 Å². The van der Waals surface area contributed by atoms with Crippen LogP contribution >= 0.6 is 11.8 Å². The highest BCUT2D eigenvalue weighted by Gasteiger charge is 2.31. The van der Waals surface area contributed by atoms with Crippen LogP contribution in [0, 0.1) is 0 Å². The lowest BCUT2D eigenvalue weighted by molar-refractivity contribution is -0.0328. The van der Waals surface area contributed by atoms with E-state index in [1.54, 1.807) is 18.2 Å². The van der Waals surface area contributed by atoms with Crippen molar-refractivity contribution in [2.24, 2.45) is 0 Å². The lowest BCUT2D eigenvalue weighted by atomic mass is 10.1. The van der Waals surface area contributed by atoms with E-state index in [-0.39, 0.29) is 28.8 Å². The summed E-state index contributed by atoms with van der Waals surface area (Å²) in [6.45, 7) is 0.143. The third kappa shape index (κ3) is 5.32. The second-order valence-electron chi connectivity index (χ2n) is 4.92. The van der Waals surface area contributed by atoms with E-state index in [0.29, 0.717) is 11.5 Å². The smallest absolute Gasteiger partial charge is 0.446 e. The lowest BCUT2D eigenvalue weighted by Gasteiger charge is -2.12. The van der Waals surface area contributed by atoms with Gasteiger partial charge in [-0.1, -0.05) is 18.2 Å². The molecule has 25 heavy (non-hydrogen) atoms. The number of hydrogen-bond acceptors (Lipinski definition) is 4. The number of amides is 1. The quantitative estimate of drug-likeness (QED) is 0.772. The van der Waals surface area contributed by atoms with Crippen molar-refractivity contribution in [3.63, 3.8) is 0 Å². The molecular formula is C17H16F3NO3S. The number of carbonyl (C=O) groups is 1. The number of rotatable bonds is 6. The van der Waals surface area contributed by atoms with Gasteiger partial charge in [0.05, 0.1) is 19.8 Å². The molecule has 2 aromatic rings. The van der Waals surface area contributed by atoms with Gasteiger partial charge in [0.15, 0.2) is 11.5 Å². The van der Waals surface area contributed by atoms with Crippen LogP contribution in [0.25, 0.3) is 0 Å². The Labute approximate surface area is 147 Å². The largest absolute Gasteiger partial charge is 0.493 e. The van der Waals surface area contributed by atoms with Gasteiger partial charge in [0, 0.05) is 11.4 Å². The topological polar surface area (TPSA) is 47.6 Å². The lowest BCUT2D eigenvalue weighted by Crippen LogP contribution is -2.23. The second kappa shape index (κ2) is 8.15. The monoisotopic (exact) mass is 371 g/mol. The van der Waals surface area contributed by atoms with E-state index in [0.717, 1.165) is 5.56 Å². The average molecular weight is 371 g/mol. The number of hydrogen-bond donors (Lipinski definition) is 1. The SMILES string of the molecule is COc1ccc(CNC(=O)c2ccccc2SC(F)(F)F)cc1OC. The number of benzene rings is 2. The normalized spacial score (nSPS) is 11.1. The molecule has 0 aromatic heterocycles. The molecule has 0 heterocycles. The van der Waals surface area contributed by atoms with Crippen molar-refractivity contribution in [3.8, 4) is 11.5 Å². The van der Waals surface area contributed by atoms with Gasteiger partial charge in [0.25, 0.3) is 5.91 Å². The minimum absolute atomic E-state index is 0.0229. The van der Waals surface area contributed by atoms with E-state index in [9.17, 15) is 18.0 Å². The highest BCUT2D eigenvalue weighted by Crippen LogP contribution is 2.38. The third-order valence-corrected chi connectivity index (χ3v) is 4.07. The summed E-state index contributed by atoms with van der Waals surface area (Å²) in [6.07, 6.45) is 0. The van der Waals surface area contributed by atoms with Crippen LogP contribution in [0.1, 0.15) is 15.9 Å². The molecule has 1 N–H and O–H groups in total. The fourth-order valence-electron chi connectivity index (χ4n) is 2.14. The number of nitrogens with one attached hydrogen (secondary N) is 1. The van der Waals surface area contributed by atoms with Gasteiger partial charge in [-0.05, 0) is 41.6 Å². The van der Waals surface area contributed by atoms with Crippen LogP contribution in [0.15, 0.2) is 47.4 Å². The highest BCUT2D eigenvalue weighted by molar-refractivity contribution is 8.00. The molecule has 0 bridgehead atoms. The van der Waals surface area contributed by atoms with E-state index in [1.165, 1.54) is 38.5 Å². The summed E-state index contributed by atoms with van der Waals surface area (Å²) in [5.41, 5.74) is -3.75. The molecule has 0 saturated carbocycles. The van der Waals surface area contributed by atoms with Gasteiger partial charge in [-0.2, -0.15) is 13.2 Å². The first-order valence-corrected chi connectivity index (χ1v) is 7.99. The van der Waals surface area contributed by atoms with E-state index in [2.05, 4.69) is 5.32 Å². The molecule has 1 amide bonds. The first-order chi connectivity index (χ1) is 11.8. The van der Waals surface area contributed by atoms with Crippen LogP contribution in [-0.4, -0.2) is 25.6 Å². The van der Waals surface area contributed by atoms with Gasteiger partial charge in [0.2, 0.25) is 0 Å². The molecule has 0 atom stereocenters. The molecule has 0 radical (unpaired) electrons. The van der Waals surface area contributed by atoms with Crippen LogP contribution in [0.4, 0.5) is 13.2 Å². The van der Waals surface area contributed by atoms with Crippen molar-refractivity contribution in [2.75, 3.05) is 14.2 Å². The maximum Gasteiger partial charge on any atom is 0.446 e. The number of thioether (sulfide) groups is 1. The molecule has 0 aliphatic rings. The molecule has 134 valence electrons. The predicted octanol–water partition coefficient (Wildman–Crippen LogP) is 4.25. The zero-order valence-corrected chi connectivity index (χ0v) is 14.3. The van der Waals surface area contributed by atoms with Gasteiger partial charge in [-0.25, -0.2) is 0 Å². The Morgan fingerprint density at radius 3 is 2.40 bits per heavy atom. The molecule has 0 unspecified atom stereocenters. The minimum atomic E-state index is -4.46. The average Bonchev–Trinajstić information content (AvgIpc) is 2.58. The first kappa shape index (κ1) is 19.0. The maximum absolute atomic E-state index is 12.6. The zero-order valence-electron chi connectivity index (χ0n) is 13.5. The van der Waals surface area contributed by atoms with E-state index in [1.807, 2.05) is 0 Å². The van der Waals surface area contributed by atoms with Gasteiger partial charge in [-0.15, -0.1) is 0 Å². The molecular weight excluding hydrogens is 355 g/mol. The minimum Gasteiger partial charge on any atom is -0.493 e. The summed E-state index contributed by atoms with van der Waals surface area (Å²) in [7, 11) is 3.00. The summed E-state index contributed by atoms with van der Waals surface area (Å²) in [4.78, 5) is 12.1. The number of carbonyl (C=O) groups excluding carboxylic acids is 1. The molecule has 0 fully saturated rings. The Morgan fingerprint density at radius 1 is 1.08 bits per heavy atom. The predicted molar refractivity (Wildman–Crippen MR) is 89.1 cm³/mol. The zero-order chi connectivity index (χ0) is 18.4. The summed E-state index contributed by atoms with van der Waals surface area (Å²) in [6, 6.07) is 10.7. The Kier molecular flexibility index (Phi) is 6.19. The Hall–Kier alpha value is -2.35. The molecule has 0 aliphatic heterocycles.